The highest BCUT2D eigenvalue weighted by atomic mass is 16.1. The fraction of sp³-hybridized carbons (Fsp3) is 0.190. The summed E-state index contributed by atoms with van der Waals surface area (Å²) in [6, 6.07) is 13.7. The smallest absolute Gasteiger partial charge is 0.253 e. The molecule has 2 aromatic heterocycles. The van der Waals surface area contributed by atoms with E-state index < -0.39 is 0 Å². The van der Waals surface area contributed by atoms with E-state index in [0.717, 1.165) is 16.9 Å². The average Bonchev–Trinajstić information content (AvgIpc) is 2.67. The quantitative estimate of drug-likeness (QED) is 0.699. The minimum atomic E-state index is -0.157. The van der Waals surface area contributed by atoms with Gasteiger partial charge in [0.1, 0.15) is 0 Å². The SMILES string of the molecule is CC(C)c1ccccc1Nc1cncc(C(=O)NCc2ccncc2)c1. The van der Waals surface area contributed by atoms with Crippen molar-refractivity contribution in [2.75, 3.05) is 5.32 Å². The lowest BCUT2D eigenvalue weighted by Crippen LogP contribution is -2.23. The van der Waals surface area contributed by atoms with Crippen molar-refractivity contribution in [3.8, 4) is 0 Å². The number of aromatic nitrogens is 2. The lowest BCUT2D eigenvalue weighted by Gasteiger charge is -2.15. The van der Waals surface area contributed by atoms with Crippen molar-refractivity contribution in [3.63, 3.8) is 0 Å². The second-order valence-corrected chi connectivity index (χ2v) is 6.37. The first kappa shape index (κ1) is 17.6. The Morgan fingerprint density at radius 2 is 1.81 bits per heavy atom. The van der Waals surface area contributed by atoms with Crippen LogP contribution in [0.3, 0.4) is 0 Å². The molecule has 2 N–H and O–H groups in total. The third-order valence-electron chi connectivity index (χ3n) is 4.06. The van der Waals surface area contributed by atoms with Crippen molar-refractivity contribution in [2.45, 2.75) is 26.3 Å². The van der Waals surface area contributed by atoms with Crippen molar-refractivity contribution >= 4 is 17.3 Å². The van der Waals surface area contributed by atoms with Gasteiger partial charge in [0.25, 0.3) is 5.91 Å². The zero-order valence-electron chi connectivity index (χ0n) is 14.9. The monoisotopic (exact) mass is 346 g/mol. The van der Waals surface area contributed by atoms with Crippen LogP contribution in [0.4, 0.5) is 11.4 Å². The van der Waals surface area contributed by atoms with Crippen LogP contribution in [0.25, 0.3) is 0 Å². The zero-order valence-corrected chi connectivity index (χ0v) is 14.9. The van der Waals surface area contributed by atoms with E-state index in [0.29, 0.717) is 18.0 Å². The molecule has 3 aromatic rings. The molecule has 0 spiro atoms. The number of carbonyl (C=O) groups excluding carboxylic acids is 1. The molecule has 0 radical (unpaired) electrons. The van der Waals surface area contributed by atoms with Crippen LogP contribution in [0, 0.1) is 0 Å². The molecular formula is C21H22N4O. The number of benzene rings is 1. The number of carbonyl (C=O) groups is 1. The van der Waals surface area contributed by atoms with Gasteiger partial charge in [0.2, 0.25) is 0 Å². The summed E-state index contributed by atoms with van der Waals surface area (Å²) < 4.78 is 0. The summed E-state index contributed by atoms with van der Waals surface area (Å²) in [5.74, 6) is 0.244. The Bertz CT molecular complexity index is 878. The molecule has 0 bridgehead atoms. The Kier molecular flexibility index (Phi) is 5.59. The fourth-order valence-corrected chi connectivity index (χ4v) is 2.69. The van der Waals surface area contributed by atoms with Crippen molar-refractivity contribution in [1.82, 2.24) is 15.3 Å². The van der Waals surface area contributed by atoms with Crippen molar-refractivity contribution < 1.29 is 4.79 Å². The van der Waals surface area contributed by atoms with Gasteiger partial charge in [0.05, 0.1) is 17.4 Å². The summed E-state index contributed by atoms with van der Waals surface area (Å²) >= 11 is 0. The van der Waals surface area contributed by atoms with Crippen molar-refractivity contribution in [3.05, 3.63) is 83.9 Å². The molecule has 0 aliphatic heterocycles. The number of anilines is 2. The second-order valence-electron chi connectivity index (χ2n) is 6.37. The normalized spacial score (nSPS) is 10.6. The van der Waals surface area contributed by atoms with Crippen LogP contribution in [-0.4, -0.2) is 15.9 Å². The number of amides is 1. The molecule has 132 valence electrons. The molecule has 1 aromatic carbocycles. The van der Waals surface area contributed by atoms with Crippen LogP contribution < -0.4 is 10.6 Å². The van der Waals surface area contributed by atoms with Gasteiger partial charge in [-0.25, -0.2) is 0 Å². The van der Waals surface area contributed by atoms with E-state index >= 15 is 0 Å². The van der Waals surface area contributed by atoms with Gasteiger partial charge in [-0.3, -0.25) is 14.8 Å². The number of nitrogens with zero attached hydrogens (tertiary/aromatic N) is 2. The predicted molar refractivity (Wildman–Crippen MR) is 103 cm³/mol. The Hall–Kier alpha value is -3.21. The predicted octanol–water partition coefficient (Wildman–Crippen LogP) is 4.27. The lowest BCUT2D eigenvalue weighted by atomic mass is 10.0. The number of hydrogen-bond donors (Lipinski definition) is 2. The summed E-state index contributed by atoms with van der Waals surface area (Å²) in [4.78, 5) is 20.6. The molecule has 0 saturated carbocycles. The summed E-state index contributed by atoms with van der Waals surface area (Å²) in [7, 11) is 0. The highest BCUT2D eigenvalue weighted by Gasteiger charge is 2.09. The van der Waals surface area contributed by atoms with Gasteiger partial charge in [-0.15, -0.1) is 0 Å². The molecule has 1 amide bonds. The Morgan fingerprint density at radius 1 is 1.04 bits per heavy atom. The number of para-hydroxylation sites is 1. The maximum Gasteiger partial charge on any atom is 0.253 e. The molecule has 3 rings (SSSR count). The average molecular weight is 346 g/mol. The van der Waals surface area contributed by atoms with Crippen LogP contribution >= 0.6 is 0 Å². The van der Waals surface area contributed by atoms with E-state index in [4.69, 9.17) is 0 Å². The first-order valence-corrected chi connectivity index (χ1v) is 8.61. The van der Waals surface area contributed by atoms with Gasteiger partial charge in [-0.1, -0.05) is 32.0 Å². The fourth-order valence-electron chi connectivity index (χ4n) is 2.69. The van der Waals surface area contributed by atoms with E-state index in [9.17, 15) is 4.79 Å². The number of pyridine rings is 2. The molecule has 0 atom stereocenters. The largest absolute Gasteiger partial charge is 0.354 e. The van der Waals surface area contributed by atoms with Crippen LogP contribution in [0.2, 0.25) is 0 Å². The molecule has 5 heteroatoms. The summed E-state index contributed by atoms with van der Waals surface area (Å²) in [6.45, 7) is 4.76. The van der Waals surface area contributed by atoms with Gasteiger partial charge in [-0.2, -0.15) is 0 Å². The summed E-state index contributed by atoms with van der Waals surface area (Å²) in [6.07, 6.45) is 6.71. The van der Waals surface area contributed by atoms with Gasteiger partial charge >= 0.3 is 0 Å². The van der Waals surface area contributed by atoms with Crippen LogP contribution in [0.5, 0.6) is 0 Å². The number of nitrogens with one attached hydrogen (secondary N) is 2. The molecule has 0 saturated heterocycles. The molecule has 0 unspecified atom stereocenters. The van der Waals surface area contributed by atoms with Crippen LogP contribution in [0.15, 0.2) is 67.3 Å². The third kappa shape index (κ3) is 4.45. The highest BCUT2D eigenvalue weighted by molar-refractivity contribution is 5.94. The molecule has 26 heavy (non-hydrogen) atoms. The Labute approximate surface area is 153 Å². The molecule has 0 fully saturated rings. The Morgan fingerprint density at radius 3 is 2.58 bits per heavy atom. The first-order valence-electron chi connectivity index (χ1n) is 8.61. The van der Waals surface area contributed by atoms with Crippen molar-refractivity contribution in [2.24, 2.45) is 0 Å². The van der Waals surface area contributed by atoms with Gasteiger partial charge < -0.3 is 10.6 Å². The van der Waals surface area contributed by atoms with E-state index in [1.165, 1.54) is 5.56 Å². The Balaban J connectivity index is 1.71. The van der Waals surface area contributed by atoms with E-state index in [2.05, 4.69) is 40.5 Å². The molecular weight excluding hydrogens is 324 g/mol. The van der Waals surface area contributed by atoms with Crippen LogP contribution in [-0.2, 0) is 6.54 Å². The van der Waals surface area contributed by atoms with Gasteiger partial charge in [-0.05, 0) is 41.3 Å². The van der Waals surface area contributed by atoms with Gasteiger partial charge in [0.15, 0.2) is 0 Å². The first-order chi connectivity index (χ1) is 12.6. The molecule has 5 nitrogen and oxygen atoms in total. The van der Waals surface area contributed by atoms with Crippen molar-refractivity contribution in [1.29, 1.82) is 0 Å². The lowest BCUT2D eigenvalue weighted by molar-refractivity contribution is 0.0950. The molecule has 0 aliphatic carbocycles. The molecule has 0 aliphatic rings. The summed E-state index contributed by atoms with van der Waals surface area (Å²) in [5.41, 5.74) is 4.56. The summed E-state index contributed by atoms with van der Waals surface area (Å²) in [5, 5.41) is 6.27. The zero-order chi connectivity index (χ0) is 18.4. The maximum atomic E-state index is 12.4. The second kappa shape index (κ2) is 8.25. The number of rotatable bonds is 6. The minimum Gasteiger partial charge on any atom is -0.354 e. The minimum absolute atomic E-state index is 0.157. The van der Waals surface area contributed by atoms with Gasteiger partial charge in [0, 0.05) is 30.8 Å². The maximum absolute atomic E-state index is 12.4. The van der Waals surface area contributed by atoms with E-state index in [1.54, 1.807) is 24.8 Å². The van der Waals surface area contributed by atoms with E-state index in [1.807, 2.05) is 36.4 Å². The topological polar surface area (TPSA) is 66.9 Å². The third-order valence-corrected chi connectivity index (χ3v) is 4.06. The van der Waals surface area contributed by atoms with E-state index in [-0.39, 0.29) is 5.91 Å². The standard InChI is InChI=1S/C21H22N4O/c1-15(2)19-5-3-4-6-20(19)25-18-11-17(13-23-14-18)21(26)24-12-16-7-9-22-10-8-16/h3-11,13-15,25H,12H2,1-2H3,(H,24,26). The number of hydrogen-bond acceptors (Lipinski definition) is 4. The molecule has 2 heterocycles. The highest BCUT2D eigenvalue weighted by Crippen LogP contribution is 2.26. The van der Waals surface area contributed by atoms with Crippen LogP contribution in [0.1, 0.15) is 41.3 Å².